The van der Waals surface area contributed by atoms with E-state index in [1.807, 2.05) is 0 Å². The van der Waals surface area contributed by atoms with Gasteiger partial charge in [0.15, 0.2) is 0 Å². The molecule has 0 radical (unpaired) electrons. The molecule has 1 unspecified atom stereocenters. The van der Waals surface area contributed by atoms with E-state index < -0.39 is 10.9 Å². The van der Waals surface area contributed by atoms with Gasteiger partial charge >= 0.3 is 5.97 Å². The number of hydrogen-bond acceptors (Lipinski definition) is 7. The van der Waals surface area contributed by atoms with Gasteiger partial charge in [-0.15, -0.1) is 0 Å². The fourth-order valence-corrected chi connectivity index (χ4v) is 8.43. The highest BCUT2D eigenvalue weighted by atomic mass is 16.5. The van der Waals surface area contributed by atoms with Crippen molar-refractivity contribution < 1.29 is 9.53 Å². The van der Waals surface area contributed by atoms with Crippen LogP contribution in [0.2, 0.25) is 0 Å². The zero-order chi connectivity index (χ0) is 41.6. The third kappa shape index (κ3) is 29.1. The van der Waals surface area contributed by atoms with Gasteiger partial charge in [0.1, 0.15) is 11.4 Å². The van der Waals surface area contributed by atoms with Crippen LogP contribution < -0.4 is 21.5 Å². The highest BCUT2D eigenvalue weighted by Crippen LogP contribution is 2.25. The molecule has 0 aliphatic carbocycles. The molecule has 0 aliphatic rings. The molecule has 0 saturated heterocycles. The predicted octanol–water partition coefficient (Wildman–Crippen LogP) is 13.8. The lowest BCUT2D eigenvalue weighted by atomic mass is 9.89. The normalized spacial score (nSPS) is 12.3. The third-order valence-electron chi connectivity index (χ3n) is 12.3. The van der Waals surface area contributed by atoms with E-state index in [0.29, 0.717) is 36.9 Å². The Morgan fingerprint density at radius 3 is 1.42 bits per heavy atom. The molecule has 2 N–H and O–H groups in total. The molecule has 1 aromatic rings. The fourth-order valence-electron chi connectivity index (χ4n) is 8.43. The Bertz CT molecular complexity index is 1100. The van der Waals surface area contributed by atoms with Gasteiger partial charge in [0, 0.05) is 20.0 Å². The Hall–Kier alpha value is -1.89. The average molecular weight is 802 g/mol. The van der Waals surface area contributed by atoms with Crippen molar-refractivity contribution in [2.45, 2.75) is 240 Å². The van der Waals surface area contributed by atoms with E-state index in [-0.39, 0.29) is 5.97 Å². The molecule has 57 heavy (non-hydrogen) atoms. The minimum Gasteiger partial charge on any atom is -0.465 e. The van der Waals surface area contributed by atoms with Gasteiger partial charge in [-0.05, 0) is 63.6 Å². The minimum atomic E-state index is -0.414. The van der Waals surface area contributed by atoms with Crippen molar-refractivity contribution in [1.82, 2.24) is 4.90 Å². The Labute approximate surface area is 353 Å². The zero-order valence-corrected chi connectivity index (χ0v) is 38.6. The second-order valence-electron chi connectivity index (χ2n) is 17.8. The summed E-state index contributed by atoms with van der Waals surface area (Å²) in [7, 11) is 1.69. The fraction of sp³-hybridized carbons (Fsp3) is 0.900. The lowest BCUT2D eigenvalue weighted by molar-refractivity contribution is -0.145. The number of esters is 1. The van der Waals surface area contributed by atoms with E-state index in [4.69, 9.17) is 4.74 Å². The first kappa shape index (κ1) is 53.1. The molecule has 1 aromatic carbocycles. The Morgan fingerprint density at radius 2 is 0.930 bits per heavy atom. The van der Waals surface area contributed by atoms with Gasteiger partial charge in [-0.1, -0.05) is 201 Å². The van der Waals surface area contributed by atoms with Crippen LogP contribution in [0.3, 0.4) is 0 Å². The maximum atomic E-state index is 12.3. The lowest BCUT2D eigenvalue weighted by Crippen LogP contribution is -2.37. The maximum absolute atomic E-state index is 12.3. The van der Waals surface area contributed by atoms with Crippen LogP contribution in [0.5, 0.6) is 0 Å². The lowest BCUT2D eigenvalue weighted by Gasteiger charge is -2.23. The summed E-state index contributed by atoms with van der Waals surface area (Å²) < 4.78 is 5.58. The number of carbonyl (C=O) groups excluding carboxylic acids is 1. The number of anilines is 2. The first-order chi connectivity index (χ1) is 27.9. The summed E-state index contributed by atoms with van der Waals surface area (Å²) in [4.78, 5) is 38.7. The quantitative estimate of drug-likeness (QED) is 0.0386. The van der Waals surface area contributed by atoms with E-state index in [1.165, 1.54) is 173 Å². The van der Waals surface area contributed by atoms with Crippen LogP contribution in [0.15, 0.2) is 9.59 Å². The molecule has 334 valence electrons. The Kier molecular flexibility index (Phi) is 35.7. The number of nitrogens with zero attached hydrogens (tertiary/aromatic N) is 1. The maximum Gasteiger partial charge on any atom is 0.305 e. The predicted molar refractivity (Wildman–Crippen MR) is 249 cm³/mol. The van der Waals surface area contributed by atoms with Crippen molar-refractivity contribution in [2.75, 3.05) is 50.5 Å². The van der Waals surface area contributed by atoms with Crippen molar-refractivity contribution in [1.29, 1.82) is 0 Å². The standard InChI is InChI=1S/C50H95N3O4/c1-6-9-12-15-20-27-35-45(36-28-21-16-13-10-7-2)37-29-22-17-24-31-40-53(42-33-39-52-48-47(51-5)49(55)50(48)56)41-32-25-18-23-30-38-46(54)57-43-44(4)34-26-19-14-11-8-3/h44-45,51-52H,6-43H2,1-5H3. The molecule has 0 heterocycles. The van der Waals surface area contributed by atoms with Gasteiger partial charge in [-0.3, -0.25) is 14.4 Å². The largest absolute Gasteiger partial charge is 0.465 e. The number of hydrogen-bond donors (Lipinski definition) is 2. The molecular weight excluding hydrogens is 707 g/mol. The topological polar surface area (TPSA) is 87.7 Å². The summed E-state index contributed by atoms with van der Waals surface area (Å²) in [5, 5.41) is 6.07. The molecule has 1 atom stereocenters. The average Bonchev–Trinajstić information content (AvgIpc) is 3.21. The number of carbonyl (C=O) groups is 1. The molecule has 0 fully saturated rings. The summed E-state index contributed by atoms with van der Waals surface area (Å²) in [6.07, 6.45) is 42.5. The number of unbranched alkanes of at least 4 members (excludes halogenated alkanes) is 22. The van der Waals surface area contributed by atoms with Crippen molar-refractivity contribution in [3.8, 4) is 0 Å². The molecule has 1 rings (SSSR count). The van der Waals surface area contributed by atoms with Gasteiger partial charge in [-0.2, -0.15) is 0 Å². The van der Waals surface area contributed by atoms with Crippen molar-refractivity contribution in [3.05, 3.63) is 20.4 Å². The van der Waals surface area contributed by atoms with E-state index in [2.05, 4.69) is 43.2 Å². The molecular formula is C50H95N3O4. The van der Waals surface area contributed by atoms with Crippen LogP contribution in [-0.2, 0) is 9.53 Å². The van der Waals surface area contributed by atoms with Gasteiger partial charge in [0.05, 0.1) is 6.61 Å². The van der Waals surface area contributed by atoms with Crippen LogP contribution in [-0.4, -0.2) is 50.7 Å². The summed E-state index contributed by atoms with van der Waals surface area (Å²) in [6.45, 7) is 13.6. The van der Waals surface area contributed by atoms with Crippen molar-refractivity contribution >= 4 is 17.3 Å². The highest BCUT2D eigenvalue weighted by molar-refractivity contribution is 5.73. The van der Waals surface area contributed by atoms with E-state index >= 15 is 0 Å². The third-order valence-corrected chi connectivity index (χ3v) is 12.3. The summed E-state index contributed by atoms with van der Waals surface area (Å²) in [6, 6.07) is 0. The first-order valence-corrected chi connectivity index (χ1v) is 25.0. The van der Waals surface area contributed by atoms with Crippen LogP contribution in [0.1, 0.15) is 240 Å². The number of rotatable bonds is 44. The van der Waals surface area contributed by atoms with Crippen LogP contribution in [0.4, 0.5) is 11.4 Å². The van der Waals surface area contributed by atoms with Crippen molar-refractivity contribution in [3.63, 3.8) is 0 Å². The molecule has 0 aromatic heterocycles. The minimum absolute atomic E-state index is 0.0284. The Morgan fingerprint density at radius 1 is 0.526 bits per heavy atom. The molecule has 0 amide bonds. The smallest absolute Gasteiger partial charge is 0.305 e. The van der Waals surface area contributed by atoms with Gasteiger partial charge in [0.25, 0.3) is 10.9 Å². The number of ether oxygens (including phenoxy) is 1. The number of nitrogens with one attached hydrogen (secondary N) is 2. The summed E-state index contributed by atoms with van der Waals surface area (Å²) in [5.74, 6) is 1.37. The van der Waals surface area contributed by atoms with E-state index in [1.54, 1.807) is 7.05 Å². The van der Waals surface area contributed by atoms with Crippen LogP contribution in [0, 0.1) is 11.8 Å². The van der Waals surface area contributed by atoms with Gasteiger partial charge in [-0.25, -0.2) is 0 Å². The van der Waals surface area contributed by atoms with E-state index in [9.17, 15) is 14.4 Å². The van der Waals surface area contributed by atoms with Crippen molar-refractivity contribution in [2.24, 2.45) is 11.8 Å². The van der Waals surface area contributed by atoms with Crippen LogP contribution in [0.25, 0.3) is 0 Å². The molecule has 7 nitrogen and oxygen atoms in total. The monoisotopic (exact) mass is 802 g/mol. The summed E-state index contributed by atoms with van der Waals surface area (Å²) in [5.41, 5.74) is 0.0569. The van der Waals surface area contributed by atoms with Gasteiger partial charge in [0.2, 0.25) is 0 Å². The molecule has 0 bridgehead atoms. The van der Waals surface area contributed by atoms with Gasteiger partial charge < -0.3 is 20.3 Å². The van der Waals surface area contributed by atoms with E-state index in [0.717, 1.165) is 57.7 Å². The second kappa shape index (κ2) is 38.3. The SMILES string of the molecule is CCCCCCCCC(CCCCCCCC)CCCCCCCN(CCCCCCCC(=O)OCC(C)CCCCCCC)CCCNc1c(NC)c(=O)c1=O. The Balaban J connectivity index is 2.38. The second-order valence-corrected chi connectivity index (χ2v) is 17.8. The molecule has 0 aliphatic heterocycles. The van der Waals surface area contributed by atoms with Crippen LogP contribution >= 0.6 is 0 Å². The zero-order valence-electron chi connectivity index (χ0n) is 38.6. The molecule has 0 spiro atoms. The molecule has 7 heteroatoms. The molecule has 0 saturated carbocycles. The highest BCUT2D eigenvalue weighted by Gasteiger charge is 2.19. The first-order valence-electron chi connectivity index (χ1n) is 25.0. The summed E-state index contributed by atoms with van der Waals surface area (Å²) >= 11 is 0.